The van der Waals surface area contributed by atoms with Crippen LogP contribution in [0, 0.1) is 11.3 Å². The van der Waals surface area contributed by atoms with Crippen molar-refractivity contribution in [3.05, 3.63) is 78.4 Å². The minimum atomic E-state index is -0.223. The van der Waals surface area contributed by atoms with E-state index in [2.05, 4.69) is 34.8 Å². The lowest BCUT2D eigenvalue weighted by molar-refractivity contribution is -0.122. The van der Waals surface area contributed by atoms with Gasteiger partial charge in [0.2, 0.25) is 11.8 Å². The van der Waals surface area contributed by atoms with Crippen LogP contribution in [0.25, 0.3) is 0 Å². The fourth-order valence-corrected chi connectivity index (χ4v) is 3.65. The van der Waals surface area contributed by atoms with Gasteiger partial charge in [0, 0.05) is 55.6 Å². The van der Waals surface area contributed by atoms with Gasteiger partial charge in [-0.25, -0.2) is 4.98 Å². The van der Waals surface area contributed by atoms with Crippen LogP contribution in [0.2, 0.25) is 0 Å². The Morgan fingerprint density at radius 3 is 2.64 bits per heavy atom. The highest BCUT2D eigenvalue weighted by molar-refractivity contribution is 5.98. The van der Waals surface area contributed by atoms with E-state index in [0.29, 0.717) is 24.7 Å². The van der Waals surface area contributed by atoms with Crippen LogP contribution in [0.4, 0.5) is 11.4 Å². The number of para-hydroxylation sites is 1. The van der Waals surface area contributed by atoms with E-state index in [9.17, 15) is 9.59 Å². The van der Waals surface area contributed by atoms with Gasteiger partial charge in [-0.15, -0.1) is 0 Å². The quantitative estimate of drug-likeness (QED) is 0.491. The topological polar surface area (TPSA) is 91.0 Å². The van der Waals surface area contributed by atoms with Crippen LogP contribution >= 0.6 is 0 Å². The fraction of sp³-hybridized carbons (Fsp3) is 0.308. The summed E-state index contributed by atoms with van der Waals surface area (Å²) in [5, 5.41) is 11.8. The molecule has 0 atom stereocenters. The Bertz CT molecular complexity index is 1110. The van der Waals surface area contributed by atoms with Crippen LogP contribution in [-0.4, -0.2) is 27.9 Å². The van der Waals surface area contributed by atoms with E-state index in [1.165, 1.54) is 0 Å². The smallest absolute Gasteiger partial charge is 0.227 e. The summed E-state index contributed by atoms with van der Waals surface area (Å²) in [7, 11) is 0. The molecule has 0 aliphatic heterocycles. The first-order valence-corrected chi connectivity index (χ1v) is 11.1. The van der Waals surface area contributed by atoms with Crippen molar-refractivity contribution in [2.75, 3.05) is 16.8 Å². The molecule has 0 saturated heterocycles. The maximum absolute atomic E-state index is 12.8. The molecule has 0 saturated carbocycles. The Labute approximate surface area is 194 Å². The molecule has 0 aliphatic carbocycles. The highest BCUT2D eigenvalue weighted by Crippen LogP contribution is 2.18. The van der Waals surface area contributed by atoms with Crippen molar-refractivity contribution in [3.63, 3.8) is 0 Å². The van der Waals surface area contributed by atoms with Crippen molar-refractivity contribution in [1.29, 1.82) is 5.26 Å². The highest BCUT2D eigenvalue weighted by Gasteiger charge is 2.17. The predicted molar refractivity (Wildman–Crippen MR) is 129 cm³/mol. The van der Waals surface area contributed by atoms with E-state index < -0.39 is 0 Å². The Balaban J connectivity index is 1.58. The monoisotopic (exact) mass is 443 g/mol. The van der Waals surface area contributed by atoms with Gasteiger partial charge in [0.1, 0.15) is 5.82 Å². The molecule has 0 radical (unpaired) electrons. The normalized spacial score (nSPS) is 10.6. The van der Waals surface area contributed by atoms with Crippen molar-refractivity contribution in [2.45, 2.75) is 45.6 Å². The number of nitrogens with one attached hydrogen (secondary N) is 1. The molecule has 0 fully saturated rings. The number of rotatable bonds is 10. The van der Waals surface area contributed by atoms with Crippen molar-refractivity contribution >= 4 is 23.2 Å². The van der Waals surface area contributed by atoms with Gasteiger partial charge >= 0.3 is 0 Å². The van der Waals surface area contributed by atoms with Gasteiger partial charge in [0.05, 0.1) is 12.5 Å². The van der Waals surface area contributed by atoms with E-state index in [1.807, 2.05) is 60.8 Å². The summed E-state index contributed by atoms with van der Waals surface area (Å²) in [6.07, 6.45) is 4.12. The van der Waals surface area contributed by atoms with Gasteiger partial charge in [0.15, 0.2) is 0 Å². The highest BCUT2D eigenvalue weighted by atomic mass is 16.2. The number of hydrogen-bond acceptors (Lipinski definition) is 4. The number of carbonyl (C=O) groups is 2. The third-order valence-corrected chi connectivity index (χ3v) is 5.21. The predicted octanol–water partition coefficient (Wildman–Crippen LogP) is 4.72. The van der Waals surface area contributed by atoms with Crippen LogP contribution in [0.1, 0.15) is 50.4 Å². The molecule has 0 unspecified atom stereocenters. The van der Waals surface area contributed by atoms with Crippen LogP contribution in [0.3, 0.4) is 0 Å². The average Bonchev–Trinajstić information content (AvgIpc) is 3.27. The second-order valence-corrected chi connectivity index (χ2v) is 8.11. The van der Waals surface area contributed by atoms with Crippen molar-refractivity contribution in [2.24, 2.45) is 0 Å². The standard InChI is InChI=1S/C26H29N5O2/c1-20(2)26-28-15-17-30(26)19-21-8-6-9-22(18-21)29-24(32)12-13-25(33)31(16-7-14-27)23-10-4-3-5-11-23/h3-6,8-11,15,17-18,20H,7,12-13,16,19H2,1-2H3,(H,29,32). The molecule has 33 heavy (non-hydrogen) atoms. The number of carbonyl (C=O) groups excluding carboxylic acids is 2. The average molecular weight is 444 g/mol. The minimum absolute atomic E-state index is 0.0674. The van der Waals surface area contributed by atoms with E-state index in [1.54, 1.807) is 11.1 Å². The lowest BCUT2D eigenvalue weighted by Crippen LogP contribution is -2.32. The number of aromatic nitrogens is 2. The van der Waals surface area contributed by atoms with Gasteiger partial charge in [-0.3, -0.25) is 9.59 Å². The summed E-state index contributed by atoms with van der Waals surface area (Å²) in [6, 6.07) is 19.0. The van der Waals surface area contributed by atoms with Gasteiger partial charge in [-0.1, -0.05) is 44.2 Å². The first-order chi connectivity index (χ1) is 16.0. The summed E-state index contributed by atoms with van der Waals surface area (Å²) >= 11 is 0. The number of benzene rings is 2. The molecule has 2 aromatic carbocycles. The third kappa shape index (κ3) is 6.78. The van der Waals surface area contributed by atoms with Crippen molar-refractivity contribution < 1.29 is 9.59 Å². The molecule has 7 heteroatoms. The Kier molecular flexibility index (Phi) is 8.36. The number of nitrogens with zero attached hydrogens (tertiary/aromatic N) is 4. The number of anilines is 2. The molecule has 0 bridgehead atoms. The third-order valence-electron chi connectivity index (χ3n) is 5.21. The molecular formula is C26H29N5O2. The number of imidazole rings is 1. The van der Waals surface area contributed by atoms with E-state index in [0.717, 1.165) is 17.1 Å². The molecule has 7 nitrogen and oxygen atoms in total. The zero-order chi connectivity index (χ0) is 23.6. The molecule has 170 valence electrons. The lowest BCUT2D eigenvalue weighted by Gasteiger charge is -2.21. The lowest BCUT2D eigenvalue weighted by atomic mass is 10.1. The summed E-state index contributed by atoms with van der Waals surface area (Å²) in [6.45, 7) is 5.18. The molecule has 0 aliphatic rings. The maximum Gasteiger partial charge on any atom is 0.227 e. The van der Waals surface area contributed by atoms with E-state index in [-0.39, 0.29) is 31.1 Å². The molecule has 3 rings (SSSR count). The molecule has 2 amide bonds. The van der Waals surface area contributed by atoms with E-state index in [4.69, 9.17) is 5.26 Å². The zero-order valence-electron chi connectivity index (χ0n) is 19.1. The van der Waals surface area contributed by atoms with Crippen LogP contribution in [0.5, 0.6) is 0 Å². The molecule has 1 N–H and O–H groups in total. The van der Waals surface area contributed by atoms with Gasteiger partial charge in [0.25, 0.3) is 0 Å². The molecular weight excluding hydrogens is 414 g/mol. The number of hydrogen-bond donors (Lipinski definition) is 1. The number of nitriles is 1. The van der Waals surface area contributed by atoms with Gasteiger partial charge in [-0.2, -0.15) is 5.26 Å². The maximum atomic E-state index is 12.8. The largest absolute Gasteiger partial charge is 0.330 e. The Morgan fingerprint density at radius 1 is 1.12 bits per heavy atom. The van der Waals surface area contributed by atoms with Crippen LogP contribution < -0.4 is 10.2 Å². The second-order valence-electron chi connectivity index (χ2n) is 8.11. The first kappa shape index (κ1) is 23.7. The molecule has 1 aromatic heterocycles. The van der Waals surface area contributed by atoms with Gasteiger partial charge < -0.3 is 14.8 Å². The first-order valence-electron chi connectivity index (χ1n) is 11.1. The summed E-state index contributed by atoms with van der Waals surface area (Å²) in [5.74, 6) is 0.937. The Hall–Kier alpha value is -3.92. The molecule has 0 spiro atoms. The second kappa shape index (κ2) is 11.6. The van der Waals surface area contributed by atoms with E-state index >= 15 is 0 Å². The van der Waals surface area contributed by atoms with Crippen molar-refractivity contribution in [1.82, 2.24) is 9.55 Å². The minimum Gasteiger partial charge on any atom is -0.330 e. The van der Waals surface area contributed by atoms with Crippen LogP contribution in [-0.2, 0) is 16.1 Å². The summed E-state index contributed by atoms with van der Waals surface area (Å²) < 4.78 is 2.10. The summed E-state index contributed by atoms with van der Waals surface area (Å²) in [5.41, 5.74) is 2.47. The van der Waals surface area contributed by atoms with Gasteiger partial charge in [-0.05, 0) is 29.8 Å². The van der Waals surface area contributed by atoms with Crippen LogP contribution in [0.15, 0.2) is 67.0 Å². The molecule has 1 heterocycles. The summed E-state index contributed by atoms with van der Waals surface area (Å²) in [4.78, 5) is 31.2. The Morgan fingerprint density at radius 2 is 1.91 bits per heavy atom. The number of amides is 2. The fourth-order valence-electron chi connectivity index (χ4n) is 3.65. The SMILES string of the molecule is CC(C)c1nccn1Cc1cccc(NC(=O)CCC(=O)N(CCC#N)c2ccccc2)c1. The van der Waals surface area contributed by atoms with Crippen molar-refractivity contribution in [3.8, 4) is 6.07 Å². The zero-order valence-corrected chi connectivity index (χ0v) is 19.1. The molecule has 3 aromatic rings.